The van der Waals surface area contributed by atoms with Crippen LogP contribution >= 0.6 is 0 Å². The van der Waals surface area contributed by atoms with E-state index in [2.05, 4.69) is 20.8 Å². The molecule has 5 heteroatoms. The Morgan fingerprint density at radius 1 is 0.806 bits per heavy atom. The molecule has 31 heavy (non-hydrogen) atoms. The van der Waals surface area contributed by atoms with Crippen molar-refractivity contribution >= 4 is 6.16 Å². The first kappa shape index (κ1) is 27.1. The summed E-state index contributed by atoms with van der Waals surface area (Å²) in [5.41, 5.74) is 2.05. The first-order valence-electron chi connectivity index (χ1n) is 12.5. The van der Waals surface area contributed by atoms with Gasteiger partial charge in [0.2, 0.25) is 5.75 Å². The molecule has 0 amide bonds. The highest BCUT2D eigenvalue weighted by molar-refractivity contribution is 5.66. The molecule has 0 aliphatic rings. The second kappa shape index (κ2) is 16.7. The van der Waals surface area contributed by atoms with Crippen LogP contribution in [-0.4, -0.2) is 23.0 Å². The fraction of sp³-hybridized carbons (Fsp3) is 0.731. The van der Waals surface area contributed by atoms with Gasteiger partial charge in [-0.15, -0.1) is 0 Å². The average molecular weight is 437 g/mol. The maximum Gasteiger partial charge on any atom is 0.511 e. The van der Waals surface area contributed by atoms with Crippen LogP contribution < -0.4 is 9.47 Å². The number of ether oxygens (including phenoxy) is 2. The zero-order valence-corrected chi connectivity index (χ0v) is 20.0. The van der Waals surface area contributed by atoms with E-state index in [4.69, 9.17) is 14.6 Å². The zero-order chi connectivity index (χ0) is 22.9. The van der Waals surface area contributed by atoms with Gasteiger partial charge in [-0.3, -0.25) is 0 Å². The summed E-state index contributed by atoms with van der Waals surface area (Å²) >= 11 is 0. The van der Waals surface area contributed by atoms with Crippen LogP contribution in [0.25, 0.3) is 0 Å². The van der Waals surface area contributed by atoms with E-state index in [0.29, 0.717) is 12.4 Å². The molecular formula is C26H44O5. The fourth-order valence-corrected chi connectivity index (χ4v) is 3.89. The molecule has 0 radical (unpaired) electrons. The normalized spacial score (nSPS) is 10.9. The SMILES string of the molecule is CCCCCCCCCOc1c(O)c(OC(=O)O)cc(CCCCC)c1CCCCC. The Labute approximate surface area is 189 Å². The number of aryl methyl sites for hydroxylation is 1. The first-order chi connectivity index (χ1) is 15.0. The summed E-state index contributed by atoms with van der Waals surface area (Å²) in [6.45, 7) is 7.07. The Hall–Kier alpha value is -1.91. The summed E-state index contributed by atoms with van der Waals surface area (Å²) in [5.74, 6) is 0.219. The van der Waals surface area contributed by atoms with Crippen LogP contribution in [0.1, 0.15) is 115 Å². The molecule has 0 heterocycles. The van der Waals surface area contributed by atoms with E-state index in [0.717, 1.165) is 75.3 Å². The molecule has 0 saturated heterocycles. The van der Waals surface area contributed by atoms with Crippen molar-refractivity contribution in [3.8, 4) is 17.2 Å². The molecule has 1 aromatic rings. The van der Waals surface area contributed by atoms with Crippen molar-refractivity contribution in [3.63, 3.8) is 0 Å². The summed E-state index contributed by atoms with van der Waals surface area (Å²) in [6, 6.07) is 1.70. The molecule has 1 aromatic carbocycles. The highest BCUT2D eigenvalue weighted by Crippen LogP contribution is 2.43. The molecule has 0 atom stereocenters. The quantitative estimate of drug-likeness (QED) is 0.138. The van der Waals surface area contributed by atoms with Crippen molar-refractivity contribution in [1.29, 1.82) is 0 Å². The maximum atomic E-state index is 11.1. The molecule has 0 fully saturated rings. The largest absolute Gasteiger partial charge is 0.511 e. The van der Waals surface area contributed by atoms with E-state index in [1.807, 2.05) is 0 Å². The van der Waals surface area contributed by atoms with Gasteiger partial charge in [-0.1, -0.05) is 85.0 Å². The molecule has 2 N–H and O–H groups in total. The van der Waals surface area contributed by atoms with Crippen LogP contribution in [0.4, 0.5) is 4.79 Å². The molecule has 0 spiro atoms. The molecule has 0 unspecified atom stereocenters. The van der Waals surface area contributed by atoms with Crippen LogP contribution in [-0.2, 0) is 12.8 Å². The highest BCUT2D eigenvalue weighted by atomic mass is 16.7. The van der Waals surface area contributed by atoms with Crippen molar-refractivity contribution in [3.05, 3.63) is 17.2 Å². The van der Waals surface area contributed by atoms with Gasteiger partial charge in [0.1, 0.15) is 0 Å². The van der Waals surface area contributed by atoms with E-state index < -0.39 is 6.16 Å². The monoisotopic (exact) mass is 436 g/mol. The van der Waals surface area contributed by atoms with Gasteiger partial charge in [0.05, 0.1) is 6.61 Å². The number of benzene rings is 1. The van der Waals surface area contributed by atoms with Crippen molar-refractivity contribution in [1.82, 2.24) is 0 Å². The smallest absolute Gasteiger partial charge is 0.502 e. The van der Waals surface area contributed by atoms with E-state index in [9.17, 15) is 9.90 Å². The van der Waals surface area contributed by atoms with Gasteiger partial charge in [0, 0.05) is 5.56 Å². The lowest BCUT2D eigenvalue weighted by Crippen LogP contribution is -2.08. The first-order valence-corrected chi connectivity index (χ1v) is 12.5. The second-order valence-corrected chi connectivity index (χ2v) is 8.44. The predicted octanol–water partition coefficient (Wildman–Crippen LogP) is 8.04. The van der Waals surface area contributed by atoms with Crippen molar-refractivity contribution in [2.24, 2.45) is 0 Å². The highest BCUT2D eigenvalue weighted by Gasteiger charge is 2.21. The standard InChI is InChI=1S/C26H44O5/c1-4-7-10-11-12-13-16-19-30-25-22(18-15-9-6-3)21(17-14-8-5-2)20-23(24(25)27)31-26(28)29/h20,27H,4-19H2,1-3H3,(H,28,29). The minimum absolute atomic E-state index is 0.0206. The number of unbranched alkanes of at least 4 members (excludes halogenated alkanes) is 10. The molecule has 0 aliphatic heterocycles. The van der Waals surface area contributed by atoms with Gasteiger partial charge in [-0.05, 0) is 43.7 Å². The number of hydrogen-bond acceptors (Lipinski definition) is 4. The number of phenols is 1. The minimum Gasteiger partial charge on any atom is -0.502 e. The lowest BCUT2D eigenvalue weighted by Gasteiger charge is -2.19. The summed E-state index contributed by atoms with van der Waals surface area (Å²) in [7, 11) is 0. The van der Waals surface area contributed by atoms with Crippen LogP contribution in [0.3, 0.4) is 0 Å². The Bertz CT molecular complexity index is 627. The van der Waals surface area contributed by atoms with Crippen LogP contribution in [0, 0.1) is 0 Å². The number of phenolic OH excluding ortho intramolecular Hbond substituents is 1. The summed E-state index contributed by atoms with van der Waals surface area (Å²) in [4.78, 5) is 11.1. The van der Waals surface area contributed by atoms with Crippen LogP contribution in [0.5, 0.6) is 17.2 Å². The summed E-state index contributed by atoms with van der Waals surface area (Å²) in [6.07, 6.45) is 15.0. The maximum absolute atomic E-state index is 11.1. The Morgan fingerprint density at radius 2 is 1.35 bits per heavy atom. The lowest BCUT2D eigenvalue weighted by atomic mass is 9.95. The van der Waals surface area contributed by atoms with E-state index in [-0.39, 0.29) is 11.5 Å². The molecule has 1 rings (SSSR count). The van der Waals surface area contributed by atoms with Gasteiger partial charge in [0.25, 0.3) is 0 Å². The minimum atomic E-state index is -1.42. The third kappa shape index (κ3) is 10.8. The molecule has 178 valence electrons. The third-order valence-electron chi connectivity index (χ3n) is 5.69. The zero-order valence-electron chi connectivity index (χ0n) is 20.0. The van der Waals surface area contributed by atoms with Crippen molar-refractivity contribution in [2.75, 3.05) is 6.61 Å². The topological polar surface area (TPSA) is 76.0 Å². The van der Waals surface area contributed by atoms with Crippen molar-refractivity contribution < 1.29 is 24.5 Å². The van der Waals surface area contributed by atoms with Gasteiger partial charge in [-0.25, -0.2) is 4.79 Å². The van der Waals surface area contributed by atoms with Gasteiger partial charge in [0.15, 0.2) is 11.5 Å². The number of aromatic hydroxyl groups is 1. The molecule has 0 aliphatic carbocycles. The summed E-state index contributed by atoms with van der Waals surface area (Å²) < 4.78 is 11.0. The van der Waals surface area contributed by atoms with E-state index in [1.54, 1.807) is 6.07 Å². The predicted molar refractivity (Wildman–Crippen MR) is 127 cm³/mol. The van der Waals surface area contributed by atoms with Gasteiger partial charge < -0.3 is 19.7 Å². The van der Waals surface area contributed by atoms with Crippen LogP contribution in [0.2, 0.25) is 0 Å². The Balaban J connectivity index is 2.96. The molecular weight excluding hydrogens is 392 g/mol. The molecule has 0 aromatic heterocycles. The lowest BCUT2D eigenvalue weighted by molar-refractivity contribution is 0.142. The number of hydrogen-bond donors (Lipinski definition) is 2. The fourth-order valence-electron chi connectivity index (χ4n) is 3.89. The van der Waals surface area contributed by atoms with E-state index in [1.165, 1.54) is 32.1 Å². The number of rotatable bonds is 18. The van der Waals surface area contributed by atoms with Crippen LogP contribution in [0.15, 0.2) is 6.07 Å². The Morgan fingerprint density at radius 3 is 1.97 bits per heavy atom. The van der Waals surface area contributed by atoms with E-state index >= 15 is 0 Å². The third-order valence-corrected chi connectivity index (χ3v) is 5.69. The van der Waals surface area contributed by atoms with Gasteiger partial charge >= 0.3 is 6.16 Å². The van der Waals surface area contributed by atoms with Gasteiger partial charge in [-0.2, -0.15) is 0 Å². The molecule has 5 nitrogen and oxygen atoms in total. The number of carboxylic acid groups (broad SMARTS) is 1. The molecule has 0 saturated carbocycles. The second-order valence-electron chi connectivity index (χ2n) is 8.44. The number of carbonyl (C=O) groups is 1. The average Bonchev–Trinajstić information content (AvgIpc) is 2.74. The van der Waals surface area contributed by atoms with Crippen molar-refractivity contribution in [2.45, 2.75) is 117 Å². The Kier molecular flexibility index (Phi) is 14.6. The molecule has 0 bridgehead atoms. The summed E-state index contributed by atoms with van der Waals surface area (Å²) in [5, 5.41) is 19.8.